The molecule has 2 rings (SSSR count). The van der Waals surface area contributed by atoms with E-state index in [4.69, 9.17) is 4.74 Å². The first kappa shape index (κ1) is 13.4. The molecule has 1 aromatic carbocycles. The van der Waals surface area contributed by atoms with Crippen molar-refractivity contribution >= 4 is 0 Å². The number of aromatic nitrogens is 2. The molecule has 1 aromatic heterocycles. The lowest BCUT2D eigenvalue weighted by Crippen LogP contribution is -2.13. The van der Waals surface area contributed by atoms with Crippen LogP contribution in [0.4, 0.5) is 8.78 Å². The molecule has 100 valence electrons. The number of hydrogen-bond donors (Lipinski definition) is 1. The van der Waals surface area contributed by atoms with E-state index < -0.39 is 11.6 Å². The van der Waals surface area contributed by atoms with Gasteiger partial charge in [0.2, 0.25) is 5.88 Å². The minimum atomic E-state index is -0.653. The molecule has 0 aliphatic heterocycles. The van der Waals surface area contributed by atoms with Crippen LogP contribution in [0.3, 0.4) is 0 Å². The van der Waals surface area contributed by atoms with Gasteiger partial charge in [-0.25, -0.2) is 8.78 Å². The van der Waals surface area contributed by atoms with Crippen molar-refractivity contribution in [2.45, 2.75) is 13.5 Å². The minimum Gasteiger partial charge on any atom is -0.434 e. The predicted octanol–water partition coefficient (Wildman–Crippen LogP) is 2.66. The van der Waals surface area contributed by atoms with Crippen LogP contribution in [-0.2, 0) is 6.54 Å². The number of rotatable bonds is 5. The third-order valence-electron chi connectivity index (χ3n) is 2.36. The monoisotopic (exact) mass is 265 g/mol. The molecule has 0 saturated heterocycles. The number of benzene rings is 1. The SMILES string of the molecule is CCNCc1ccc(Oc2cc(F)ccc2F)nn1. The quantitative estimate of drug-likeness (QED) is 0.902. The molecule has 2 aromatic rings. The molecule has 6 heteroatoms. The first-order valence-electron chi connectivity index (χ1n) is 5.85. The molecule has 0 fully saturated rings. The van der Waals surface area contributed by atoms with Crippen molar-refractivity contribution < 1.29 is 13.5 Å². The van der Waals surface area contributed by atoms with E-state index in [2.05, 4.69) is 15.5 Å². The van der Waals surface area contributed by atoms with E-state index >= 15 is 0 Å². The standard InChI is InChI=1S/C13H13F2N3O/c1-2-16-8-10-4-6-13(18-17-10)19-12-7-9(14)3-5-11(12)15/h3-7,16H,2,8H2,1H3. The van der Waals surface area contributed by atoms with Gasteiger partial charge in [0.05, 0.1) is 5.69 Å². The van der Waals surface area contributed by atoms with Crippen LogP contribution in [0.5, 0.6) is 11.6 Å². The Morgan fingerprint density at radius 1 is 1.16 bits per heavy atom. The highest BCUT2D eigenvalue weighted by Crippen LogP contribution is 2.23. The van der Waals surface area contributed by atoms with E-state index in [0.29, 0.717) is 6.54 Å². The summed E-state index contributed by atoms with van der Waals surface area (Å²) in [5.41, 5.74) is 0.744. The lowest BCUT2D eigenvalue weighted by Gasteiger charge is -2.06. The van der Waals surface area contributed by atoms with Gasteiger partial charge in [0.25, 0.3) is 0 Å². The largest absolute Gasteiger partial charge is 0.434 e. The summed E-state index contributed by atoms with van der Waals surface area (Å²) in [5.74, 6) is -1.33. The van der Waals surface area contributed by atoms with Crippen molar-refractivity contribution in [3.05, 3.63) is 47.7 Å². The second kappa shape index (κ2) is 6.19. The minimum absolute atomic E-state index is 0.116. The fraction of sp³-hybridized carbons (Fsp3) is 0.231. The molecular weight excluding hydrogens is 252 g/mol. The van der Waals surface area contributed by atoms with Crippen molar-refractivity contribution in [3.63, 3.8) is 0 Å². The average Bonchev–Trinajstić information content (AvgIpc) is 2.42. The lowest BCUT2D eigenvalue weighted by atomic mass is 10.3. The summed E-state index contributed by atoms with van der Waals surface area (Å²) in [5, 5.41) is 10.8. The Bertz CT molecular complexity index is 546. The highest BCUT2D eigenvalue weighted by molar-refractivity contribution is 5.29. The van der Waals surface area contributed by atoms with Crippen molar-refractivity contribution in [3.8, 4) is 11.6 Å². The van der Waals surface area contributed by atoms with Gasteiger partial charge in [0, 0.05) is 18.7 Å². The van der Waals surface area contributed by atoms with Gasteiger partial charge in [-0.15, -0.1) is 5.10 Å². The van der Waals surface area contributed by atoms with Gasteiger partial charge in [0.15, 0.2) is 11.6 Å². The molecule has 0 atom stereocenters. The lowest BCUT2D eigenvalue weighted by molar-refractivity contribution is 0.416. The maximum absolute atomic E-state index is 13.4. The molecule has 0 amide bonds. The normalized spacial score (nSPS) is 10.5. The van der Waals surface area contributed by atoms with E-state index in [1.54, 1.807) is 12.1 Å². The molecule has 1 heterocycles. The summed E-state index contributed by atoms with van der Waals surface area (Å²) in [6, 6.07) is 6.25. The van der Waals surface area contributed by atoms with Crippen LogP contribution < -0.4 is 10.1 Å². The Kier molecular flexibility index (Phi) is 4.35. The second-order valence-corrected chi connectivity index (χ2v) is 3.82. The molecular formula is C13H13F2N3O. The van der Waals surface area contributed by atoms with Gasteiger partial charge in [-0.1, -0.05) is 6.92 Å². The number of halogens is 2. The summed E-state index contributed by atoms with van der Waals surface area (Å²) >= 11 is 0. The van der Waals surface area contributed by atoms with Crippen LogP contribution in [0.15, 0.2) is 30.3 Å². The Morgan fingerprint density at radius 3 is 2.68 bits per heavy atom. The molecule has 19 heavy (non-hydrogen) atoms. The van der Waals surface area contributed by atoms with Gasteiger partial charge < -0.3 is 10.1 Å². The highest BCUT2D eigenvalue weighted by Gasteiger charge is 2.07. The molecule has 0 saturated carbocycles. The maximum atomic E-state index is 13.4. The summed E-state index contributed by atoms with van der Waals surface area (Å²) < 4.78 is 31.5. The van der Waals surface area contributed by atoms with Crippen molar-refractivity contribution in [2.24, 2.45) is 0 Å². The predicted molar refractivity (Wildman–Crippen MR) is 65.8 cm³/mol. The number of hydrogen-bond acceptors (Lipinski definition) is 4. The number of nitrogens with one attached hydrogen (secondary N) is 1. The fourth-order valence-corrected chi connectivity index (χ4v) is 1.42. The zero-order valence-corrected chi connectivity index (χ0v) is 10.4. The van der Waals surface area contributed by atoms with Gasteiger partial charge >= 0.3 is 0 Å². The summed E-state index contributed by atoms with van der Waals surface area (Å²) in [6.45, 7) is 3.41. The van der Waals surface area contributed by atoms with Gasteiger partial charge in [-0.3, -0.25) is 0 Å². The summed E-state index contributed by atoms with van der Waals surface area (Å²) in [6.07, 6.45) is 0. The van der Waals surface area contributed by atoms with E-state index in [0.717, 1.165) is 30.4 Å². The van der Waals surface area contributed by atoms with Crippen molar-refractivity contribution in [1.29, 1.82) is 0 Å². The zero-order chi connectivity index (χ0) is 13.7. The van der Waals surface area contributed by atoms with Crippen LogP contribution >= 0.6 is 0 Å². The maximum Gasteiger partial charge on any atom is 0.239 e. The summed E-state index contributed by atoms with van der Waals surface area (Å²) in [7, 11) is 0. The molecule has 0 aliphatic carbocycles. The Hall–Kier alpha value is -2.08. The molecule has 4 nitrogen and oxygen atoms in total. The van der Waals surface area contributed by atoms with Crippen LogP contribution in [-0.4, -0.2) is 16.7 Å². The van der Waals surface area contributed by atoms with Crippen LogP contribution in [0.2, 0.25) is 0 Å². The Labute approximate surface area is 109 Å². The van der Waals surface area contributed by atoms with Gasteiger partial charge in [-0.05, 0) is 24.7 Å². The molecule has 0 bridgehead atoms. The van der Waals surface area contributed by atoms with E-state index in [1.165, 1.54) is 0 Å². The topological polar surface area (TPSA) is 47.0 Å². The molecule has 1 N–H and O–H groups in total. The van der Waals surface area contributed by atoms with Crippen LogP contribution in [0.1, 0.15) is 12.6 Å². The van der Waals surface area contributed by atoms with Crippen molar-refractivity contribution in [1.82, 2.24) is 15.5 Å². The Morgan fingerprint density at radius 2 is 2.00 bits per heavy atom. The first-order valence-corrected chi connectivity index (χ1v) is 5.85. The number of nitrogens with zero attached hydrogens (tertiary/aromatic N) is 2. The zero-order valence-electron chi connectivity index (χ0n) is 10.4. The third-order valence-corrected chi connectivity index (χ3v) is 2.36. The smallest absolute Gasteiger partial charge is 0.239 e. The summed E-state index contributed by atoms with van der Waals surface area (Å²) in [4.78, 5) is 0. The third kappa shape index (κ3) is 3.69. The average molecular weight is 265 g/mol. The molecule has 0 spiro atoms. The van der Waals surface area contributed by atoms with Crippen LogP contribution in [0, 0.1) is 11.6 Å². The molecule has 0 aliphatic rings. The molecule has 0 radical (unpaired) electrons. The first-order chi connectivity index (χ1) is 9.19. The van der Waals surface area contributed by atoms with E-state index in [1.807, 2.05) is 6.92 Å². The Balaban J connectivity index is 2.08. The highest BCUT2D eigenvalue weighted by atomic mass is 19.1. The van der Waals surface area contributed by atoms with Gasteiger partial charge in [-0.2, -0.15) is 5.10 Å². The van der Waals surface area contributed by atoms with E-state index in [-0.39, 0.29) is 11.6 Å². The van der Waals surface area contributed by atoms with Crippen LogP contribution in [0.25, 0.3) is 0 Å². The second-order valence-electron chi connectivity index (χ2n) is 3.82. The molecule has 0 unspecified atom stereocenters. The van der Waals surface area contributed by atoms with Crippen molar-refractivity contribution in [2.75, 3.05) is 6.54 Å². The van der Waals surface area contributed by atoms with E-state index in [9.17, 15) is 8.78 Å². The fourth-order valence-electron chi connectivity index (χ4n) is 1.42. The number of ether oxygens (including phenoxy) is 1. The van der Waals surface area contributed by atoms with Gasteiger partial charge in [0.1, 0.15) is 5.82 Å².